The minimum Gasteiger partial charge on any atom is -0.468 e. The topological polar surface area (TPSA) is 102 Å². The van der Waals surface area contributed by atoms with Gasteiger partial charge in [-0.15, -0.1) is 11.3 Å². The van der Waals surface area contributed by atoms with Gasteiger partial charge in [-0.05, 0) is 23.8 Å². The molecule has 0 radical (unpaired) electrons. The SMILES string of the molecule is COC(=O)CNC(=O)Cc1ccc(NS(=O)(=O)c2cc(Cl)sc2Cl)cc1. The van der Waals surface area contributed by atoms with Crippen LogP contribution in [0.3, 0.4) is 0 Å². The molecule has 26 heavy (non-hydrogen) atoms. The Kier molecular flexibility index (Phi) is 6.87. The molecule has 0 aliphatic rings. The molecule has 0 unspecified atom stereocenters. The molecule has 2 N–H and O–H groups in total. The van der Waals surface area contributed by atoms with Crippen molar-refractivity contribution in [1.82, 2.24) is 5.32 Å². The summed E-state index contributed by atoms with van der Waals surface area (Å²) in [5.41, 5.74) is 0.953. The summed E-state index contributed by atoms with van der Waals surface area (Å²) in [7, 11) is -2.64. The molecule has 1 aromatic heterocycles. The Morgan fingerprint density at radius 3 is 2.38 bits per heavy atom. The summed E-state index contributed by atoms with van der Waals surface area (Å²) in [6.07, 6.45) is 0.0377. The molecule has 0 aliphatic heterocycles. The molecule has 1 aromatic carbocycles. The van der Waals surface area contributed by atoms with E-state index in [2.05, 4.69) is 14.8 Å². The molecule has 0 bridgehead atoms. The number of halogens is 2. The predicted octanol–water partition coefficient (Wildman–Crippen LogP) is 2.69. The fourth-order valence-electron chi connectivity index (χ4n) is 1.90. The maximum atomic E-state index is 12.3. The summed E-state index contributed by atoms with van der Waals surface area (Å²) >= 11 is 12.6. The largest absolute Gasteiger partial charge is 0.468 e. The van der Waals surface area contributed by atoms with Crippen molar-refractivity contribution in [2.45, 2.75) is 11.3 Å². The number of methoxy groups -OCH3 is 1. The van der Waals surface area contributed by atoms with E-state index in [-0.39, 0.29) is 32.4 Å². The van der Waals surface area contributed by atoms with E-state index in [1.54, 1.807) is 12.1 Å². The van der Waals surface area contributed by atoms with Gasteiger partial charge in [0.2, 0.25) is 5.91 Å². The highest BCUT2D eigenvalue weighted by molar-refractivity contribution is 7.93. The fraction of sp³-hybridized carbons (Fsp3) is 0.200. The lowest BCUT2D eigenvalue weighted by Gasteiger charge is -2.08. The summed E-state index contributed by atoms with van der Waals surface area (Å²) in [4.78, 5) is 22.6. The van der Waals surface area contributed by atoms with Crippen LogP contribution in [0.4, 0.5) is 5.69 Å². The number of nitrogens with one attached hydrogen (secondary N) is 2. The van der Waals surface area contributed by atoms with Gasteiger partial charge in [0, 0.05) is 5.69 Å². The second kappa shape index (κ2) is 8.72. The molecule has 11 heteroatoms. The number of sulfonamides is 1. The Balaban J connectivity index is 2.00. The summed E-state index contributed by atoms with van der Waals surface area (Å²) in [5, 5.41) is 2.41. The van der Waals surface area contributed by atoms with Gasteiger partial charge in [0.05, 0.1) is 17.9 Å². The van der Waals surface area contributed by atoms with Crippen molar-refractivity contribution in [2.24, 2.45) is 0 Å². The van der Waals surface area contributed by atoms with E-state index >= 15 is 0 Å². The summed E-state index contributed by atoms with van der Waals surface area (Å²) < 4.78 is 31.8. The third-order valence-corrected chi connectivity index (χ3v) is 6.28. The molecule has 2 aromatic rings. The standard InChI is InChI=1S/C15H14Cl2N2O5S2/c1-24-14(21)8-18-13(20)6-9-2-4-10(5-3-9)19-26(22,23)11-7-12(16)25-15(11)17/h2-5,7,19H,6,8H2,1H3,(H,18,20). The number of rotatable bonds is 7. The molecule has 0 atom stereocenters. The quantitative estimate of drug-likeness (QED) is 0.649. The van der Waals surface area contributed by atoms with Gasteiger partial charge in [0.25, 0.3) is 10.0 Å². The zero-order chi connectivity index (χ0) is 19.3. The number of amides is 1. The van der Waals surface area contributed by atoms with E-state index in [9.17, 15) is 18.0 Å². The number of ether oxygens (including phenoxy) is 1. The molecule has 2 rings (SSSR count). The van der Waals surface area contributed by atoms with Crippen molar-refractivity contribution in [3.8, 4) is 0 Å². The Morgan fingerprint density at radius 1 is 1.19 bits per heavy atom. The van der Waals surface area contributed by atoms with Crippen LogP contribution in [0, 0.1) is 0 Å². The highest BCUT2D eigenvalue weighted by Gasteiger charge is 2.21. The summed E-state index contributed by atoms with van der Waals surface area (Å²) in [5.74, 6) is -0.904. The zero-order valence-corrected chi connectivity index (χ0v) is 16.6. The third kappa shape index (κ3) is 5.60. The average molecular weight is 437 g/mol. The van der Waals surface area contributed by atoms with Crippen molar-refractivity contribution in [2.75, 3.05) is 18.4 Å². The van der Waals surface area contributed by atoms with Crippen LogP contribution in [0.15, 0.2) is 35.2 Å². The van der Waals surface area contributed by atoms with Crippen LogP contribution in [-0.2, 0) is 30.8 Å². The normalized spacial score (nSPS) is 11.0. The number of carbonyl (C=O) groups excluding carboxylic acids is 2. The fourth-order valence-corrected chi connectivity index (χ4v) is 5.11. The van der Waals surface area contributed by atoms with Crippen molar-refractivity contribution in [3.05, 3.63) is 44.6 Å². The van der Waals surface area contributed by atoms with Gasteiger partial charge in [-0.25, -0.2) is 8.42 Å². The van der Waals surface area contributed by atoms with E-state index in [0.717, 1.165) is 11.3 Å². The lowest BCUT2D eigenvalue weighted by Crippen LogP contribution is -2.31. The molecule has 140 valence electrons. The molecule has 0 aliphatic carbocycles. The highest BCUT2D eigenvalue weighted by Crippen LogP contribution is 2.35. The molecule has 7 nitrogen and oxygen atoms in total. The van der Waals surface area contributed by atoms with Crippen LogP contribution >= 0.6 is 34.5 Å². The number of thiophene rings is 1. The summed E-state index contributed by atoms with van der Waals surface area (Å²) in [6.45, 7) is -0.211. The third-order valence-electron chi connectivity index (χ3n) is 3.14. The Hall–Kier alpha value is -1.81. The molecule has 0 spiro atoms. The highest BCUT2D eigenvalue weighted by atomic mass is 35.5. The second-order valence-electron chi connectivity index (χ2n) is 5.02. The van der Waals surface area contributed by atoms with Crippen molar-refractivity contribution >= 4 is 62.1 Å². The van der Waals surface area contributed by atoms with E-state index < -0.39 is 16.0 Å². The van der Waals surface area contributed by atoms with Crippen molar-refractivity contribution in [3.63, 3.8) is 0 Å². The molecule has 1 heterocycles. The Bertz CT molecular complexity index is 911. The maximum absolute atomic E-state index is 12.3. The molecule has 0 saturated carbocycles. The number of hydrogen-bond acceptors (Lipinski definition) is 6. The molecular weight excluding hydrogens is 423 g/mol. The first-order valence-corrected chi connectivity index (χ1v) is 10.2. The minimum atomic E-state index is -3.87. The van der Waals surface area contributed by atoms with E-state index in [1.165, 1.54) is 25.3 Å². The van der Waals surface area contributed by atoms with Gasteiger partial charge in [0.1, 0.15) is 15.8 Å². The van der Waals surface area contributed by atoms with Crippen LogP contribution in [0.1, 0.15) is 5.56 Å². The van der Waals surface area contributed by atoms with Crippen molar-refractivity contribution in [1.29, 1.82) is 0 Å². The molecule has 0 saturated heterocycles. The maximum Gasteiger partial charge on any atom is 0.325 e. The van der Waals surface area contributed by atoms with Crippen LogP contribution in [0.25, 0.3) is 0 Å². The second-order valence-corrected chi connectivity index (χ2v) is 8.96. The Morgan fingerprint density at radius 2 is 1.85 bits per heavy atom. The number of hydrogen-bond donors (Lipinski definition) is 2. The van der Waals surface area contributed by atoms with Gasteiger partial charge in [0.15, 0.2) is 0 Å². The van der Waals surface area contributed by atoms with Crippen LogP contribution in [-0.4, -0.2) is 33.9 Å². The van der Waals surface area contributed by atoms with Gasteiger partial charge < -0.3 is 10.1 Å². The predicted molar refractivity (Wildman–Crippen MR) is 100 cm³/mol. The Labute approximate surface area is 164 Å². The van der Waals surface area contributed by atoms with E-state index in [1.807, 2.05) is 0 Å². The number of esters is 1. The molecule has 1 amide bonds. The minimum absolute atomic E-state index is 0.0377. The molecular formula is C15H14Cl2N2O5S2. The van der Waals surface area contributed by atoms with Gasteiger partial charge in [-0.1, -0.05) is 35.3 Å². The number of benzene rings is 1. The average Bonchev–Trinajstić information content (AvgIpc) is 2.93. The molecule has 0 fully saturated rings. The lowest BCUT2D eigenvalue weighted by atomic mass is 10.1. The van der Waals surface area contributed by atoms with Gasteiger partial charge >= 0.3 is 5.97 Å². The van der Waals surface area contributed by atoms with Crippen molar-refractivity contribution < 1.29 is 22.7 Å². The first-order chi connectivity index (χ1) is 12.2. The van der Waals surface area contributed by atoms with Gasteiger partial charge in [-0.3, -0.25) is 14.3 Å². The number of anilines is 1. The van der Waals surface area contributed by atoms with E-state index in [0.29, 0.717) is 11.3 Å². The first kappa shape index (κ1) is 20.5. The summed E-state index contributed by atoms with van der Waals surface area (Å²) in [6, 6.07) is 7.50. The zero-order valence-electron chi connectivity index (χ0n) is 13.4. The monoisotopic (exact) mass is 436 g/mol. The van der Waals surface area contributed by atoms with Crippen LogP contribution < -0.4 is 10.0 Å². The lowest BCUT2D eigenvalue weighted by molar-refractivity contribution is -0.141. The van der Waals surface area contributed by atoms with E-state index in [4.69, 9.17) is 23.2 Å². The van der Waals surface area contributed by atoms with Crippen LogP contribution in [0.5, 0.6) is 0 Å². The number of carbonyl (C=O) groups is 2. The smallest absolute Gasteiger partial charge is 0.325 e. The van der Waals surface area contributed by atoms with Gasteiger partial charge in [-0.2, -0.15) is 0 Å². The first-order valence-electron chi connectivity index (χ1n) is 7.11. The van der Waals surface area contributed by atoms with Crippen LogP contribution in [0.2, 0.25) is 8.67 Å².